The summed E-state index contributed by atoms with van der Waals surface area (Å²) in [5.41, 5.74) is 1.24. The molecule has 0 amide bonds. The van der Waals surface area contributed by atoms with E-state index in [-0.39, 0.29) is 5.78 Å². The number of benzene rings is 2. The van der Waals surface area contributed by atoms with E-state index >= 15 is 0 Å². The van der Waals surface area contributed by atoms with Crippen molar-refractivity contribution in [2.75, 3.05) is 7.11 Å². The first-order chi connectivity index (χ1) is 8.61. The van der Waals surface area contributed by atoms with Crippen LogP contribution in [0, 0.1) is 0 Å². The van der Waals surface area contributed by atoms with Crippen molar-refractivity contribution in [3.05, 3.63) is 62.5 Å². The molecule has 4 heteroatoms. The SMILES string of the molecule is COc1ccc(Br)c(C(=O)c2ccc(Br)cc2)c1. The first kappa shape index (κ1) is 13.3. The van der Waals surface area contributed by atoms with Crippen molar-refractivity contribution in [2.24, 2.45) is 0 Å². The lowest BCUT2D eigenvalue weighted by Gasteiger charge is -2.06. The summed E-state index contributed by atoms with van der Waals surface area (Å²) < 4.78 is 6.84. The summed E-state index contributed by atoms with van der Waals surface area (Å²) >= 11 is 6.73. The normalized spacial score (nSPS) is 10.2. The molecule has 92 valence electrons. The molecule has 2 rings (SSSR count). The van der Waals surface area contributed by atoms with E-state index in [1.165, 1.54) is 0 Å². The molecule has 0 fully saturated rings. The number of carbonyl (C=O) groups excluding carboxylic acids is 1. The second kappa shape index (κ2) is 5.67. The van der Waals surface area contributed by atoms with Crippen LogP contribution in [-0.2, 0) is 0 Å². The first-order valence-electron chi connectivity index (χ1n) is 5.25. The predicted molar refractivity (Wildman–Crippen MR) is 78.3 cm³/mol. The third-order valence-electron chi connectivity index (χ3n) is 2.52. The number of ether oxygens (including phenoxy) is 1. The largest absolute Gasteiger partial charge is 0.497 e. The fourth-order valence-corrected chi connectivity index (χ4v) is 2.25. The van der Waals surface area contributed by atoms with Crippen molar-refractivity contribution in [1.82, 2.24) is 0 Å². The van der Waals surface area contributed by atoms with Gasteiger partial charge >= 0.3 is 0 Å². The third-order valence-corrected chi connectivity index (χ3v) is 3.74. The quantitative estimate of drug-likeness (QED) is 0.747. The minimum Gasteiger partial charge on any atom is -0.497 e. The Bertz CT molecular complexity index is 577. The van der Waals surface area contributed by atoms with Crippen LogP contribution in [-0.4, -0.2) is 12.9 Å². The van der Waals surface area contributed by atoms with E-state index in [4.69, 9.17) is 4.74 Å². The van der Waals surface area contributed by atoms with Gasteiger partial charge in [0.25, 0.3) is 0 Å². The van der Waals surface area contributed by atoms with E-state index in [2.05, 4.69) is 31.9 Å². The van der Waals surface area contributed by atoms with Gasteiger partial charge in [0.05, 0.1) is 7.11 Å². The molecule has 0 atom stereocenters. The molecule has 2 aromatic rings. The average Bonchev–Trinajstić information content (AvgIpc) is 2.39. The van der Waals surface area contributed by atoms with Crippen LogP contribution in [0.2, 0.25) is 0 Å². The van der Waals surface area contributed by atoms with Crippen LogP contribution in [0.5, 0.6) is 5.75 Å². The van der Waals surface area contributed by atoms with Gasteiger partial charge in [-0.2, -0.15) is 0 Å². The summed E-state index contributed by atoms with van der Waals surface area (Å²) in [4.78, 5) is 12.3. The molecular formula is C14H10Br2O2. The van der Waals surface area contributed by atoms with Crippen molar-refractivity contribution in [3.8, 4) is 5.75 Å². The highest BCUT2D eigenvalue weighted by Crippen LogP contribution is 2.25. The lowest BCUT2D eigenvalue weighted by molar-refractivity contribution is 0.103. The minimum atomic E-state index is -0.0340. The highest BCUT2D eigenvalue weighted by atomic mass is 79.9. The smallest absolute Gasteiger partial charge is 0.194 e. The van der Waals surface area contributed by atoms with Crippen LogP contribution >= 0.6 is 31.9 Å². The topological polar surface area (TPSA) is 26.3 Å². The maximum atomic E-state index is 12.3. The molecule has 0 radical (unpaired) electrons. The van der Waals surface area contributed by atoms with Crippen LogP contribution in [0.25, 0.3) is 0 Å². The van der Waals surface area contributed by atoms with E-state index in [0.717, 1.165) is 8.95 Å². The Morgan fingerprint density at radius 3 is 2.33 bits per heavy atom. The van der Waals surface area contributed by atoms with Gasteiger partial charge in [-0.25, -0.2) is 0 Å². The number of halogens is 2. The van der Waals surface area contributed by atoms with Crippen LogP contribution < -0.4 is 4.74 Å². The van der Waals surface area contributed by atoms with Gasteiger partial charge in [-0.3, -0.25) is 4.79 Å². The number of hydrogen-bond donors (Lipinski definition) is 0. The Labute approximate surface area is 122 Å². The molecule has 0 bridgehead atoms. The molecule has 2 nitrogen and oxygen atoms in total. The molecule has 0 saturated heterocycles. The predicted octanol–water partition coefficient (Wildman–Crippen LogP) is 4.45. The highest BCUT2D eigenvalue weighted by molar-refractivity contribution is 9.10. The van der Waals surface area contributed by atoms with Gasteiger partial charge in [-0.05, 0) is 42.5 Å². The van der Waals surface area contributed by atoms with Gasteiger partial charge < -0.3 is 4.74 Å². The molecule has 0 saturated carbocycles. The van der Waals surface area contributed by atoms with Gasteiger partial charge in [0.15, 0.2) is 5.78 Å². The number of hydrogen-bond acceptors (Lipinski definition) is 2. The molecule has 0 unspecified atom stereocenters. The minimum absolute atomic E-state index is 0.0340. The lowest BCUT2D eigenvalue weighted by Crippen LogP contribution is -2.02. The van der Waals surface area contributed by atoms with Crippen LogP contribution in [0.3, 0.4) is 0 Å². The zero-order valence-corrected chi connectivity index (χ0v) is 12.8. The summed E-state index contributed by atoms with van der Waals surface area (Å²) in [5.74, 6) is 0.631. The summed E-state index contributed by atoms with van der Waals surface area (Å²) in [6, 6.07) is 12.6. The standard InChI is InChI=1S/C14H10Br2O2/c1-18-11-6-7-13(16)12(8-11)14(17)9-2-4-10(15)5-3-9/h2-8H,1H3. The van der Waals surface area contributed by atoms with Crippen LogP contribution in [0.1, 0.15) is 15.9 Å². The average molecular weight is 370 g/mol. The Kier molecular flexibility index (Phi) is 4.19. The molecular weight excluding hydrogens is 360 g/mol. The zero-order valence-electron chi connectivity index (χ0n) is 9.61. The van der Waals surface area contributed by atoms with E-state index in [9.17, 15) is 4.79 Å². The van der Waals surface area contributed by atoms with E-state index in [0.29, 0.717) is 16.9 Å². The lowest BCUT2D eigenvalue weighted by atomic mass is 10.0. The Morgan fingerprint density at radius 1 is 1.06 bits per heavy atom. The number of carbonyl (C=O) groups is 1. The molecule has 2 aromatic carbocycles. The maximum Gasteiger partial charge on any atom is 0.194 e. The molecule has 0 aliphatic rings. The molecule has 0 heterocycles. The molecule has 0 N–H and O–H groups in total. The third kappa shape index (κ3) is 2.82. The van der Waals surface area contributed by atoms with E-state index < -0.39 is 0 Å². The van der Waals surface area contributed by atoms with Crippen molar-refractivity contribution < 1.29 is 9.53 Å². The molecule has 18 heavy (non-hydrogen) atoms. The second-order valence-electron chi connectivity index (χ2n) is 3.68. The second-order valence-corrected chi connectivity index (χ2v) is 5.45. The van der Waals surface area contributed by atoms with Gasteiger partial charge in [-0.15, -0.1) is 0 Å². The van der Waals surface area contributed by atoms with Gasteiger partial charge in [0, 0.05) is 20.1 Å². The summed E-state index contributed by atoms with van der Waals surface area (Å²) in [7, 11) is 1.58. The van der Waals surface area contributed by atoms with E-state index in [1.54, 1.807) is 25.3 Å². The van der Waals surface area contributed by atoms with Crippen LogP contribution in [0.4, 0.5) is 0 Å². The maximum absolute atomic E-state index is 12.3. The van der Waals surface area contributed by atoms with Crippen molar-refractivity contribution in [2.45, 2.75) is 0 Å². The molecule has 0 aliphatic carbocycles. The molecule has 0 aliphatic heterocycles. The first-order valence-corrected chi connectivity index (χ1v) is 6.84. The Morgan fingerprint density at radius 2 is 1.72 bits per heavy atom. The van der Waals surface area contributed by atoms with Gasteiger partial charge in [0.1, 0.15) is 5.75 Å². The number of rotatable bonds is 3. The Hall–Kier alpha value is -1.13. The van der Waals surface area contributed by atoms with Crippen molar-refractivity contribution in [1.29, 1.82) is 0 Å². The number of ketones is 1. The zero-order chi connectivity index (χ0) is 13.1. The van der Waals surface area contributed by atoms with Crippen molar-refractivity contribution >= 4 is 37.6 Å². The fourth-order valence-electron chi connectivity index (χ4n) is 1.56. The molecule has 0 spiro atoms. The number of methoxy groups -OCH3 is 1. The Balaban J connectivity index is 2.42. The van der Waals surface area contributed by atoms with Crippen LogP contribution in [0.15, 0.2) is 51.4 Å². The van der Waals surface area contributed by atoms with Gasteiger partial charge in [0.2, 0.25) is 0 Å². The summed E-state index contributed by atoms with van der Waals surface area (Å²) in [5, 5.41) is 0. The highest BCUT2D eigenvalue weighted by Gasteiger charge is 2.13. The fraction of sp³-hybridized carbons (Fsp3) is 0.0714. The van der Waals surface area contributed by atoms with Crippen molar-refractivity contribution in [3.63, 3.8) is 0 Å². The summed E-state index contributed by atoms with van der Waals surface area (Å²) in [6.07, 6.45) is 0. The monoisotopic (exact) mass is 368 g/mol. The summed E-state index contributed by atoms with van der Waals surface area (Å²) in [6.45, 7) is 0. The van der Waals surface area contributed by atoms with Gasteiger partial charge in [-0.1, -0.05) is 31.9 Å². The van der Waals surface area contributed by atoms with E-state index in [1.807, 2.05) is 24.3 Å². The molecule has 0 aromatic heterocycles.